The number of hydrogen-bond donors (Lipinski definition) is 6. The molecule has 0 aromatic carbocycles. The molecule has 0 rings (SSSR count). The summed E-state index contributed by atoms with van der Waals surface area (Å²) in [6.07, 6.45) is -3.24. The van der Waals surface area contributed by atoms with Crippen LogP contribution in [0.4, 0.5) is 0 Å². The Balaban J connectivity index is 0. The van der Waals surface area contributed by atoms with Crippen molar-refractivity contribution in [2.75, 3.05) is 0 Å². The van der Waals surface area contributed by atoms with Gasteiger partial charge < -0.3 is 24.5 Å². The quantitative estimate of drug-likeness (QED) is 0.195. The molecule has 0 aromatic heterocycles. The van der Waals surface area contributed by atoms with Gasteiger partial charge in [-0.2, -0.15) is 0 Å². The van der Waals surface area contributed by atoms with Crippen molar-refractivity contribution in [3.8, 4) is 0 Å². The third kappa shape index (κ3) is 9.64. The zero-order valence-electron chi connectivity index (χ0n) is 9.85. The van der Waals surface area contributed by atoms with E-state index in [2.05, 4.69) is 9.05 Å². The van der Waals surface area contributed by atoms with Gasteiger partial charge in [-0.3, -0.25) is 23.9 Å². The second-order valence-corrected chi connectivity index (χ2v) is 5.91. The van der Waals surface area contributed by atoms with Crippen molar-refractivity contribution in [2.45, 2.75) is 18.4 Å². The molecule has 1 unspecified atom stereocenters. The van der Waals surface area contributed by atoms with Crippen LogP contribution in [0.3, 0.4) is 0 Å². The molecule has 124 valence electrons. The van der Waals surface area contributed by atoms with Gasteiger partial charge in [0.15, 0.2) is 5.60 Å². The van der Waals surface area contributed by atoms with Gasteiger partial charge in [0.05, 0.1) is 12.8 Å². The molecule has 0 aliphatic carbocycles. The van der Waals surface area contributed by atoms with Crippen LogP contribution in [0.5, 0.6) is 0 Å². The van der Waals surface area contributed by atoms with Crippen LogP contribution in [0.2, 0.25) is 0 Å². The number of carbonyl (C=O) groups is 3. The predicted octanol–water partition coefficient (Wildman–Crippen LogP) is -2.23. The summed E-state index contributed by atoms with van der Waals surface area (Å²) < 4.78 is 28.4. The number of carboxylic acids is 2. The van der Waals surface area contributed by atoms with E-state index in [0.29, 0.717) is 0 Å². The van der Waals surface area contributed by atoms with Crippen LogP contribution in [-0.4, -0.2) is 82.9 Å². The van der Waals surface area contributed by atoms with Crippen LogP contribution >= 0.6 is 15.6 Å². The second-order valence-electron chi connectivity index (χ2n) is 3.58. The van der Waals surface area contributed by atoms with Gasteiger partial charge in [0, 0.05) is 0 Å². The molecule has 16 heteroatoms. The molecule has 0 fully saturated rings. The molecule has 13 nitrogen and oxygen atoms in total. The molecular weight excluding hydrogens is 365 g/mol. The van der Waals surface area contributed by atoms with Crippen molar-refractivity contribution in [1.82, 2.24) is 0 Å². The molecule has 0 amide bonds. The Morgan fingerprint density at radius 2 is 1.36 bits per heavy atom. The molecule has 22 heavy (non-hydrogen) atoms. The molecule has 0 saturated carbocycles. The average Bonchev–Trinajstić information content (AvgIpc) is 2.08. The Hall–Kier alpha value is -0.330. The van der Waals surface area contributed by atoms with E-state index in [1.54, 1.807) is 0 Å². The zero-order valence-corrected chi connectivity index (χ0v) is 11.6. The van der Waals surface area contributed by atoms with Crippen LogP contribution in [0.25, 0.3) is 0 Å². The van der Waals surface area contributed by atoms with Crippen LogP contribution in [0.1, 0.15) is 12.8 Å². The zero-order chi connectivity index (χ0) is 17.1. The standard InChI is InChI=1S/C6H10O13P2.Na.H/c7-3(8)1-6(5(10)11,19-21(15,16)17)2-4(9)18-20(12,13)14;;/h1-2H2,(H,7,8)(H,10,11)(H2,12,13,14)(H2,15,16,17);;. The van der Waals surface area contributed by atoms with E-state index in [0.717, 1.165) is 0 Å². The van der Waals surface area contributed by atoms with E-state index in [4.69, 9.17) is 29.8 Å². The van der Waals surface area contributed by atoms with Crippen molar-refractivity contribution in [1.29, 1.82) is 0 Å². The molecule has 0 spiro atoms. The second kappa shape index (κ2) is 8.50. The first-order chi connectivity index (χ1) is 9.17. The van der Waals surface area contributed by atoms with Gasteiger partial charge in [-0.15, -0.1) is 0 Å². The summed E-state index contributed by atoms with van der Waals surface area (Å²) >= 11 is 0. The van der Waals surface area contributed by atoms with Crippen molar-refractivity contribution in [3.63, 3.8) is 0 Å². The molecule has 6 N–H and O–H groups in total. The summed E-state index contributed by atoms with van der Waals surface area (Å²) in [7, 11) is -10.9. The molecule has 0 aliphatic rings. The summed E-state index contributed by atoms with van der Waals surface area (Å²) in [4.78, 5) is 66.6. The van der Waals surface area contributed by atoms with E-state index in [9.17, 15) is 23.5 Å². The first kappa shape index (κ1) is 23.9. The van der Waals surface area contributed by atoms with E-state index in [1.165, 1.54) is 0 Å². The number of phosphoric ester groups is 2. The third-order valence-corrected chi connectivity index (χ3v) is 2.80. The number of aliphatic carboxylic acids is 2. The van der Waals surface area contributed by atoms with E-state index in [1.807, 2.05) is 0 Å². The first-order valence-electron chi connectivity index (χ1n) is 4.66. The fraction of sp³-hybridized carbons (Fsp3) is 0.500. The van der Waals surface area contributed by atoms with Gasteiger partial charge in [0.25, 0.3) is 0 Å². The summed E-state index contributed by atoms with van der Waals surface area (Å²) in [6, 6.07) is 0. The maximum atomic E-state index is 11.1. The first-order valence-corrected chi connectivity index (χ1v) is 7.72. The Kier molecular flexibility index (Phi) is 9.25. The minimum atomic E-state index is -5.55. The molecule has 0 radical (unpaired) electrons. The molecule has 0 bridgehead atoms. The normalized spacial score (nSPS) is 14.4. The van der Waals surface area contributed by atoms with Crippen molar-refractivity contribution >= 4 is 63.1 Å². The van der Waals surface area contributed by atoms with E-state index < -0.39 is 52.0 Å². The molecule has 1 atom stereocenters. The van der Waals surface area contributed by atoms with Gasteiger partial charge in [-0.05, 0) is 0 Å². The van der Waals surface area contributed by atoms with Gasteiger partial charge in [-0.25, -0.2) is 13.9 Å². The average molecular weight is 376 g/mol. The summed E-state index contributed by atoms with van der Waals surface area (Å²) in [5, 5.41) is 17.4. The maximum absolute atomic E-state index is 11.1. The van der Waals surface area contributed by atoms with Crippen molar-refractivity contribution in [3.05, 3.63) is 0 Å². The van der Waals surface area contributed by atoms with Gasteiger partial charge in [-0.1, -0.05) is 0 Å². The van der Waals surface area contributed by atoms with Crippen LogP contribution in [-0.2, 0) is 32.6 Å². The van der Waals surface area contributed by atoms with E-state index in [-0.39, 0.29) is 29.6 Å². The Morgan fingerprint density at radius 3 is 1.64 bits per heavy atom. The minimum absolute atomic E-state index is 0. The number of carboxylic acid groups (broad SMARTS) is 2. The fourth-order valence-corrected chi connectivity index (χ4v) is 2.18. The Morgan fingerprint density at radius 1 is 0.909 bits per heavy atom. The van der Waals surface area contributed by atoms with Crippen molar-refractivity contribution in [2.24, 2.45) is 0 Å². The van der Waals surface area contributed by atoms with Crippen LogP contribution in [0, 0.1) is 0 Å². The summed E-state index contributed by atoms with van der Waals surface area (Å²) in [6.45, 7) is 0. The molecule has 0 heterocycles. The number of carbonyl (C=O) groups excluding carboxylic acids is 1. The summed E-state index contributed by atoms with van der Waals surface area (Å²) in [5.74, 6) is -6.09. The number of rotatable bonds is 8. The molecule has 0 aromatic rings. The van der Waals surface area contributed by atoms with Crippen LogP contribution in [0.15, 0.2) is 0 Å². The third-order valence-electron chi connectivity index (χ3n) is 1.77. The molecular formula is C6H11NaO13P2. The SMILES string of the molecule is O=C(O)CC(CC(=O)OP(=O)(O)O)(OP(=O)(O)O)C(=O)O.[NaH]. The fourth-order valence-electron chi connectivity index (χ4n) is 1.19. The molecule has 0 aliphatic heterocycles. The Bertz CT molecular complexity index is 533. The monoisotopic (exact) mass is 376 g/mol. The number of hydrogen-bond acceptors (Lipinski definition) is 7. The van der Waals surface area contributed by atoms with Gasteiger partial charge in [0.1, 0.15) is 0 Å². The topological polar surface area (TPSA) is 225 Å². The van der Waals surface area contributed by atoms with Crippen LogP contribution < -0.4 is 0 Å². The van der Waals surface area contributed by atoms with E-state index >= 15 is 0 Å². The Labute approximate surface area is 144 Å². The van der Waals surface area contributed by atoms with Crippen molar-refractivity contribution < 1.29 is 62.3 Å². The number of phosphoric acid groups is 2. The van der Waals surface area contributed by atoms with Gasteiger partial charge in [0.2, 0.25) is 0 Å². The summed E-state index contributed by atoms with van der Waals surface area (Å²) in [5.41, 5.74) is -3.27. The predicted molar refractivity (Wildman–Crippen MR) is 65.7 cm³/mol. The van der Waals surface area contributed by atoms with Gasteiger partial charge >= 0.3 is 63.1 Å². The molecule has 0 saturated heterocycles.